The van der Waals surface area contributed by atoms with Crippen molar-refractivity contribution in [3.8, 4) is 17.6 Å². The molecule has 0 unspecified atom stereocenters. The van der Waals surface area contributed by atoms with Crippen molar-refractivity contribution in [2.45, 2.75) is 19.0 Å². The maximum Gasteiger partial charge on any atom is 0.417 e. The van der Waals surface area contributed by atoms with Crippen molar-refractivity contribution in [2.75, 3.05) is 5.32 Å². The van der Waals surface area contributed by atoms with E-state index in [9.17, 15) is 18.0 Å². The smallest absolute Gasteiger partial charge is 0.417 e. The van der Waals surface area contributed by atoms with Crippen LogP contribution in [0.4, 0.5) is 18.9 Å². The van der Waals surface area contributed by atoms with Crippen molar-refractivity contribution in [3.63, 3.8) is 0 Å². The first-order chi connectivity index (χ1) is 14.7. The number of nitrogens with zero attached hydrogens (tertiary/aromatic N) is 2. The van der Waals surface area contributed by atoms with E-state index >= 15 is 0 Å². The number of benzene rings is 2. The van der Waals surface area contributed by atoms with Gasteiger partial charge in [-0.15, -0.1) is 0 Å². The van der Waals surface area contributed by atoms with Gasteiger partial charge in [0.05, 0.1) is 10.6 Å². The third-order valence-electron chi connectivity index (χ3n) is 4.18. The molecule has 2 aromatic carbocycles. The molecule has 1 aromatic heterocycles. The molecule has 3 rings (SSSR count). The Bertz CT molecular complexity index is 1140. The second kappa shape index (κ2) is 9.49. The number of carbonyl (C=O) groups excluding carboxylic acids is 1. The first kappa shape index (κ1) is 22.1. The predicted molar refractivity (Wildman–Crippen MR) is 109 cm³/mol. The molecule has 158 valence electrons. The average Bonchev–Trinajstić information content (AvgIpc) is 2.73. The quantitative estimate of drug-likeness (QED) is 0.505. The second-order valence-corrected chi connectivity index (χ2v) is 6.89. The number of carbonyl (C=O) groups is 1. The van der Waals surface area contributed by atoms with E-state index in [4.69, 9.17) is 21.6 Å². The highest BCUT2D eigenvalue weighted by Gasteiger charge is 2.33. The summed E-state index contributed by atoms with van der Waals surface area (Å²) in [7, 11) is 0. The molecular weight excluding hydrogens is 431 g/mol. The average molecular weight is 446 g/mol. The summed E-state index contributed by atoms with van der Waals surface area (Å²) in [6.07, 6.45) is -2.74. The SMILES string of the molecule is N#Cc1cc(Oc2cccc(CCC(=O)Nc3ccc(Cl)c(C(F)(F)F)c3)c2)ccn1. The lowest BCUT2D eigenvalue weighted by Gasteiger charge is -2.12. The van der Waals surface area contributed by atoms with E-state index in [0.717, 1.165) is 17.7 Å². The number of hydrogen-bond donors (Lipinski definition) is 1. The summed E-state index contributed by atoms with van der Waals surface area (Å²) >= 11 is 5.58. The molecule has 0 fully saturated rings. The van der Waals surface area contributed by atoms with Gasteiger partial charge in [0.2, 0.25) is 5.91 Å². The van der Waals surface area contributed by atoms with Gasteiger partial charge in [-0.3, -0.25) is 4.79 Å². The van der Waals surface area contributed by atoms with E-state index in [0.29, 0.717) is 17.9 Å². The Morgan fingerprint density at radius 1 is 1.13 bits per heavy atom. The molecule has 1 heterocycles. The Hall–Kier alpha value is -3.57. The number of alkyl halides is 3. The van der Waals surface area contributed by atoms with Crippen LogP contribution in [0.25, 0.3) is 0 Å². The third-order valence-corrected chi connectivity index (χ3v) is 4.51. The lowest BCUT2D eigenvalue weighted by atomic mass is 10.1. The Labute approximate surface area is 181 Å². The van der Waals surface area contributed by atoms with Crippen LogP contribution < -0.4 is 10.1 Å². The van der Waals surface area contributed by atoms with Crippen LogP contribution in [0.2, 0.25) is 5.02 Å². The number of hydrogen-bond acceptors (Lipinski definition) is 4. The first-order valence-electron chi connectivity index (χ1n) is 9.04. The highest BCUT2D eigenvalue weighted by molar-refractivity contribution is 6.31. The van der Waals surface area contributed by atoms with Crippen LogP contribution in [0.1, 0.15) is 23.2 Å². The number of aryl methyl sites for hydroxylation is 1. The van der Waals surface area contributed by atoms with Gasteiger partial charge < -0.3 is 10.1 Å². The number of aromatic nitrogens is 1. The number of anilines is 1. The molecule has 0 aliphatic heterocycles. The number of nitriles is 1. The van der Waals surface area contributed by atoms with Crippen LogP contribution >= 0.6 is 11.6 Å². The minimum absolute atomic E-state index is 0.0183. The maximum atomic E-state index is 12.9. The Morgan fingerprint density at radius 2 is 1.90 bits per heavy atom. The van der Waals surface area contributed by atoms with Gasteiger partial charge >= 0.3 is 6.18 Å². The monoisotopic (exact) mass is 445 g/mol. The predicted octanol–water partition coefficient (Wildman–Crippen LogP) is 5.99. The highest BCUT2D eigenvalue weighted by Crippen LogP contribution is 2.36. The van der Waals surface area contributed by atoms with Crippen molar-refractivity contribution in [2.24, 2.45) is 0 Å². The molecule has 31 heavy (non-hydrogen) atoms. The molecular formula is C22H15ClF3N3O2. The summed E-state index contributed by atoms with van der Waals surface area (Å²) in [5.41, 5.74) is 0.0350. The number of amides is 1. The molecule has 5 nitrogen and oxygen atoms in total. The lowest BCUT2D eigenvalue weighted by molar-refractivity contribution is -0.137. The van der Waals surface area contributed by atoms with Crippen LogP contribution in [-0.4, -0.2) is 10.9 Å². The molecule has 1 N–H and O–H groups in total. The van der Waals surface area contributed by atoms with Crippen LogP contribution in [0.5, 0.6) is 11.5 Å². The molecule has 0 atom stereocenters. The fraction of sp³-hybridized carbons (Fsp3) is 0.136. The zero-order chi connectivity index (χ0) is 22.4. The van der Waals surface area contributed by atoms with Gasteiger partial charge in [-0.25, -0.2) is 4.98 Å². The first-order valence-corrected chi connectivity index (χ1v) is 9.42. The van der Waals surface area contributed by atoms with Crippen molar-refractivity contribution in [1.82, 2.24) is 4.98 Å². The van der Waals surface area contributed by atoms with E-state index in [1.54, 1.807) is 30.3 Å². The van der Waals surface area contributed by atoms with Gasteiger partial charge in [-0.1, -0.05) is 23.7 Å². The zero-order valence-corrected chi connectivity index (χ0v) is 16.7. The molecule has 0 saturated carbocycles. The fourth-order valence-corrected chi connectivity index (χ4v) is 2.96. The second-order valence-electron chi connectivity index (χ2n) is 6.48. The van der Waals surface area contributed by atoms with E-state index < -0.39 is 22.7 Å². The van der Waals surface area contributed by atoms with Crippen molar-refractivity contribution in [1.29, 1.82) is 5.26 Å². The summed E-state index contributed by atoms with van der Waals surface area (Å²) in [6, 6.07) is 15.3. The fourth-order valence-electron chi connectivity index (χ4n) is 2.74. The van der Waals surface area contributed by atoms with Gasteiger partial charge in [-0.05, 0) is 48.4 Å². The molecule has 0 bridgehead atoms. The molecule has 0 spiro atoms. The van der Waals surface area contributed by atoms with Gasteiger partial charge in [0, 0.05) is 24.4 Å². The minimum Gasteiger partial charge on any atom is -0.457 e. The van der Waals surface area contributed by atoms with Crippen LogP contribution in [0, 0.1) is 11.3 Å². The van der Waals surface area contributed by atoms with Gasteiger partial charge in [0.15, 0.2) is 0 Å². The molecule has 9 heteroatoms. The van der Waals surface area contributed by atoms with E-state index in [2.05, 4.69) is 10.3 Å². The zero-order valence-electron chi connectivity index (χ0n) is 15.9. The summed E-state index contributed by atoms with van der Waals surface area (Å²) < 4.78 is 44.5. The van der Waals surface area contributed by atoms with E-state index in [1.807, 2.05) is 6.07 Å². The Morgan fingerprint density at radius 3 is 2.65 bits per heavy atom. The van der Waals surface area contributed by atoms with Crippen molar-refractivity contribution >= 4 is 23.2 Å². The third kappa shape index (κ3) is 6.20. The summed E-state index contributed by atoms with van der Waals surface area (Å²) in [5.74, 6) is 0.528. The summed E-state index contributed by atoms with van der Waals surface area (Å²) in [6.45, 7) is 0. The molecule has 0 saturated heterocycles. The summed E-state index contributed by atoms with van der Waals surface area (Å²) in [4.78, 5) is 16.1. The Kier molecular flexibility index (Phi) is 6.78. The number of halogens is 4. The lowest BCUT2D eigenvalue weighted by Crippen LogP contribution is -2.14. The topological polar surface area (TPSA) is 75.0 Å². The van der Waals surface area contributed by atoms with Gasteiger partial charge in [0.25, 0.3) is 0 Å². The van der Waals surface area contributed by atoms with Crippen molar-refractivity contribution < 1.29 is 22.7 Å². The Balaban J connectivity index is 1.61. The summed E-state index contributed by atoms with van der Waals surface area (Å²) in [5, 5.41) is 10.9. The largest absolute Gasteiger partial charge is 0.457 e. The van der Waals surface area contributed by atoms with E-state index in [1.165, 1.54) is 18.3 Å². The van der Waals surface area contributed by atoms with Crippen molar-refractivity contribution in [3.05, 3.63) is 82.6 Å². The number of nitrogens with one attached hydrogen (secondary N) is 1. The molecule has 0 aliphatic rings. The molecule has 1 amide bonds. The number of ether oxygens (including phenoxy) is 1. The molecule has 0 aliphatic carbocycles. The minimum atomic E-state index is -4.61. The maximum absolute atomic E-state index is 12.9. The van der Waals surface area contributed by atoms with Crippen LogP contribution in [0.3, 0.4) is 0 Å². The molecule has 3 aromatic rings. The van der Waals surface area contributed by atoms with E-state index in [-0.39, 0.29) is 17.8 Å². The van der Waals surface area contributed by atoms with Gasteiger partial charge in [-0.2, -0.15) is 18.4 Å². The standard InChI is InChI=1S/C22H15ClF3N3O2/c23-20-6-5-15(12-19(20)22(24,25)26)29-21(30)7-4-14-2-1-3-17(10-14)31-18-8-9-28-16(11-18)13-27/h1-3,5-6,8-12H,4,7H2,(H,29,30). The number of rotatable bonds is 6. The highest BCUT2D eigenvalue weighted by atomic mass is 35.5. The van der Waals surface area contributed by atoms with Crippen LogP contribution in [0.15, 0.2) is 60.8 Å². The normalized spacial score (nSPS) is 10.9. The molecule has 0 radical (unpaired) electrons. The van der Waals surface area contributed by atoms with Gasteiger partial charge in [0.1, 0.15) is 23.3 Å². The van der Waals surface area contributed by atoms with Crippen LogP contribution in [-0.2, 0) is 17.4 Å². The number of pyridine rings is 1.